The smallest absolute Gasteiger partial charge is 0.133 e. The Hall–Kier alpha value is -0.330. The van der Waals surface area contributed by atoms with Crippen LogP contribution in [0.1, 0.15) is 33.1 Å². The van der Waals surface area contributed by atoms with Gasteiger partial charge in [0, 0.05) is 5.92 Å². The van der Waals surface area contributed by atoms with Gasteiger partial charge in [0.25, 0.3) is 0 Å². The Morgan fingerprint density at radius 2 is 2.11 bits per heavy atom. The van der Waals surface area contributed by atoms with E-state index < -0.39 is 0 Å². The first kappa shape index (κ1) is 6.79. The van der Waals surface area contributed by atoms with E-state index in [0.717, 1.165) is 6.42 Å². The molecule has 0 bridgehead atoms. The zero-order chi connectivity index (χ0) is 6.85. The van der Waals surface area contributed by atoms with Crippen LogP contribution >= 0.6 is 0 Å². The Kier molecular flexibility index (Phi) is 1.89. The van der Waals surface area contributed by atoms with Crippen molar-refractivity contribution in [3.05, 3.63) is 0 Å². The lowest BCUT2D eigenvalue weighted by Crippen LogP contribution is -2.12. The molecular formula is C8H14O. The van der Waals surface area contributed by atoms with E-state index in [0.29, 0.717) is 17.6 Å². The van der Waals surface area contributed by atoms with E-state index in [9.17, 15) is 4.79 Å². The second-order valence-electron chi connectivity index (χ2n) is 3.13. The van der Waals surface area contributed by atoms with Gasteiger partial charge < -0.3 is 0 Å². The van der Waals surface area contributed by atoms with Gasteiger partial charge >= 0.3 is 0 Å². The summed E-state index contributed by atoms with van der Waals surface area (Å²) in [6.45, 7) is 3.89. The zero-order valence-corrected chi connectivity index (χ0v) is 6.18. The molecule has 1 fully saturated rings. The molecule has 1 nitrogen and oxygen atoms in total. The second kappa shape index (κ2) is 2.51. The first-order valence-corrected chi connectivity index (χ1v) is 3.72. The van der Waals surface area contributed by atoms with Gasteiger partial charge in [-0.15, -0.1) is 0 Å². The number of hydrogen-bond acceptors (Lipinski definition) is 1. The van der Waals surface area contributed by atoms with E-state index >= 15 is 0 Å². The molecule has 0 N–H and O–H groups in total. The first-order chi connectivity index (χ1) is 4.22. The van der Waals surface area contributed by atoms with Gasteiger partial charge in [-0.05, 0) is 25.7 Å². The number of Topliss-reactive ketones (excluding diaryl/α,β-unsaturated/α-hetero) is 1. The van der Waals surface area contributed by atoms with Crippen molar-refractivity contribution in [2.75, 3.05) is 0 Å². The molecule has 1 saturated carbocycles. The lowest BCUT2D eigenvalue weighted by atomic mass is 9.95. The van der Waals surface area contributed by atoms with Crippen molar-refractivity contribution < 1.29 is 4.79 Å². The van der Waals surface area contributed by atoms with Crippen LogP contribution in [0, 0.1) is 11.8 Å². The maximum atomic E-state index is 10.9. The van der Waals surface area contributed by atoms with Crippen molar-refractivity contribution in [3.8, 4) is 0 Å². The molecular weight excluding hydrogens is 112 g/mol. The van der Waals surface area contributed by atoms with Crippen LogP contribution in [0.15, 0.2) is 0 Å². The summed E-state index contributed by atoms with van der Waals surface area (Å²) in [7, 11) is 0. The molecule has 0 aromatic carbocycles. The third-order valence-electron chi connectivity index (χ3n) is 2.38. The molecule has 0 saturated heterocycles. The summed E-state index contributed by atoms with van der Waals surface area (Å²) in [5.41, 5.74) is 0. The molecule has 1 aliphatic carbocycles. The Labute approximate surface area is 56.4 Å². The van der Waals surface area contributed by atoms with Crippen molar-refractivity contribution in [3.63, 3.8) is 0 Å². The summed E-state index contributed by atoms with van der Waals surface area (Å²) in [4.78, 5) is 10.9. The molecule has 0 amide bonds. The van der Waals surface area contributed by atoms with Gasteiger partial charge in [0.15, 0.2) is 0 Å². The number of ketones is 1. The molecule has 0 aromatic rings. The van der Waals surface area contributed by atoms with Gasteiger partial charge in [-0.2, -0.15) is 0 Å². The van der Waals surface area contributed by atoms with E-state index in [1.54, 1.807) is 6.92 Å². The van der Waals surface area contributed by atoms with Gasteiger partial charge in [-0.3, -0.25) is 4.79 Å². The Morgan fingerprint density at radius 1 is 1.44 bits per heavy atom. The van der Waals surface area contributed by atoms with E-state index in [2.05, 4.69) is 6.92 Å². The highest BCUT2D eigenvalue weighted by Crippen LogP contribution is 2.31. The van der Waals surface area contributed by atoms with Gasteiger partial charge in [-0.25, -0.2) is 0 Å². The van der Waals surface area contributed by atoms with E-state index in [1.807, 2.05) is 0 Å². The van der Waals surface area contributed by atoms with Crippen LogP contribution in [0.5, 0.6) is 0 Å². The van der Waals surface area contributed by atoms with Crippen LogP contribution in [0.3, 0.4) is 0 Å². The van der Waals surface area contributed by atoms with Gasteiger partial charge in [-0.1, -0.05) is 13.3 Å². The van der Waals surface area contributed by atoms with E-state index in [1.165, 1.54) is 12.8 Å². The molecule has 52 valence electrons. The highest BCUT2D eigenvalue weighted by atomic mass is 16.1. The number of carbonyl (C=O) groups excluding carboxylic acids is 1. The van der Waals surface area contributed by atoms with Gasteiger partial charge in [0.1, 0.15) is 5.78 Å². The lowest BCUT2D eigenvalue weighted by molar-refractivity contribution is -0.121. The third kappa shape index (κ3) is 1.32. The summed E-state index contributed by atoms with van der Waals surface area (Å²) >= 11 is 0. The van der Waals surface area contributed by atoms with Crippen LogP contribution in [-0.4, -0.2) is 5.78 Å². The molecule has 0 spiro atoms. The van der Waals surface area contributed by atoms with Crippen LogP contribution < -0.4 is 0 Å². The SMILES string of the molecule is CC(=O)C1CCC[C@@H]1C. The van der Waals surface area contributed by atoms with Crippen molar-refractivity contribution in [1.29, 1.82) is 0 Å². The van der Waals surface area contributed by atoms with Crippen LogP contribution in [0.2, 0.25) is 0 Å². The average molecular weight is 126 g/mol. The van der Waals surface area contributed by atoms with Crippen LogP contribution in [0.4, 0.5) is 0 Å². The molecule has 1 rings (SSSR count). The summed E-state index contributed by atoms with van der Waals surface area (Å²) in [6, 6.07) is 0. The number of carbonyl (C=O) groups is 1. The van der Waals surface area contributed by atoms with Gasteiger partial charge in [0.2, 0.25) is 0 Å². The van der Waals surface area contributed by atoms with E-state index in [4.69, 9.17) is 0 Å². The molecule has 2 atom stereocenters. The van der Waals surface area contributed by atoms with Gasteiger partial charge in [0.05, 0.1) is 0 Å². The quantitative estimate of drug-likeness (QED) is 0.525. The predicted molar refractivity (Wildman–Crippen MR) is 37.2 cm³/mol. The minimum Gasteiger partial charge on any atom is -0.300 e. The third-order valence-corrected chi connectivity index (χ3v) is 2.38. The zero-order valence-electron chi connectivity index (χ0n) is 6.18. The summed E-state index contributed by atoms with van der Waals surface area (Å²) < 4.78 is 0. The maximum Gasteiger partial charge on any atom is 0.133 e. The molecule has 0 aliphatic heterocycles. The predicted octanol–water partition coefficient (Wildman–Crippen LogP) is 2.01. The molecule has 1 heteroatoms. The number of rotatable bonds is 1. The van der Waals surface area contributed by atoms with Crippen LogP contribution in [-0.2, 0) is 4.79 Å². The molecule has 0 radical (unpaired) electrons. The monoisotopic (exact) mass is 126 g/mol. The molecule has 1 unspecified atom stereocenters. The highest BCUT2D eigenvalue weighted by Gasteiger charge is 2.26. The lowest BCUT2D eigenvalue weighted by Gasteiger charge is -2.09. The molecule has 0 heterocycles. The Balaban J connectivity index is 2.49. The standard InChI is InChI=1S/C8H14O/c1-6-4-3-5-8(6)7(2)9/h6,8H,3-5H2,1-2H3/t6-,8?/m0/s1. The normalized spacial score (nSPS) is 34.9. The van der Waals surface area contributed by atoms with Crippen LogP contribution in [0.25, 0.3) is 0 Å². The summed E-state index contributed by atoms with van der Waals surface area (Å²) in [5.74, 6) is 1.44. The summed E-state index contributed by atoms with van der Waals surface area (Å²) in [6.07, 6.45) is 3.64. The van der Waals surface area contributed by atoms with Crippen molar-refractivity contribution in [2.45, 2.75) is 33.1 Å². The Morgan fingerprint density at radius 3 is 2.33 bits per heavy atom. The van der Waals surface area contributed by atoms with Crippen molar-refractivity contribution >= 4 is 5.78 Å². The minimum absolute atomic E-state index is 0.389. The van der Waals surface area contributed by atoms with Crippen molar-refractivity contribution in [2.24, 2.45) is 11.8 Å². The highest BCUT2D eigenvalue weighted by molar-refractivity contribution is 5.78. The summed E-state index contributed by atoms with van der Waals surface area (Å²) in [5, 5.41) is 0. The Bertz CT molecular complexity index is 118. The largest absolute Gasteiger partial charge is 0.300 e. The second-order valence-corrected chi connectivity index (χ2v) is 3.13. The fourth-order valence-electron chi connectivity index (χ4n) is 1.75. The molecule has 1 aliphatic rings. The van der Waals surface area contributed by atoms with E-state index in [-0.39, 0.29) is 0 Å². The minimum atomic E-state index is 0.389. The maximum absolute atomic E-state index is 10.9. The topological polar surface area (TPSA) is 17.1 Å². The fourth-order valence-corrected chi connectivity index (χ4v) is 1.75. The molecule has 9 heavy (non-hydrogen) atoms. The number of hydrogen-bond donors (Lipinski definition) is 0. The molecule has 0 aromatic heterocycles. The fraction of sp³-hybridized carbons (Fsp3) is 0.875. The van der Waals surface area contributed by atoms with Crippen molar-refractivity contribution in [1.82, 2.24) is 0 Å². The average Bonchev–Trinajstić information content (AvgIpc) is 2.13. The first-order valence-electron chi connectivity index (χ1n) is 3.72.